The number of nitrogens with zero attached hydrogens (tertiary/aromatic N) is 3. The van der Waals surface area contributed by atoms with Crippen LogP contribution < -0.4 is 4.74 Å². The van der Waals surface area contributed by atoms with Crippen molar-refractivity contribution < 1.29 is 14.6 Å². The molecule has 4 rings (SSSR count). The number of ether oxygens (including phenoxy) is 2. The van der Waals surface area contributed by atoms with Gasteiger partial charge in [-0.25, -0.2) is 4.68 Å². The third kappa shape index (κ3) is 6.82. The van der Waals surface area contributed by atoms with Gasteiger partial charge in [-0.2, -0.15) is 5.10 Å². The van der Waals surface area contributed by atoms with Gasteiger partial charge in [0.15, 0.2) is 0 Å². The lowest BCUT2D eigenvalue weighted by molar-refractivity contribution is 0.0442. The highest BCUT2D eigenvalue weighted by Gasteiger charge is 2.25. The normalized spacial score (nSPS) is 16.5. The van der Waals surface area contributed by atoms with Gasteiger partial charge in [0.2, 0.25) is 5.88 Å². The molecule has 0 spiro atoms. The Morgan fingerprint density at radius 2 is 1.97 bits per heavy atom. The van der Waals surface area contributed by atoms with Crippen LogP contribution in [-0.2, 0) is 11.3 Å². The first-order valence-electron chi connectivity index (χ1n) is 12.5. The summed E-state index contributed by atoms with van der Waals surface area (Å²) < 4.78 is 14.3. The summed E-state index contributed by atoms with van der Waals surface area (Å²) in [6, 6.07) is 18.1. The number of hydrogen-bond donors (Lipinski definition) is 1. The maximum absolute atomic E-state index is 10.7. The average Bonchev–Trinajstić information content (AvgIpc) is 3.48. The zero-order chi connectivity index (χ0) is 24.6. The molecule has 186 valence electrons. The third-order valence-corrected chi connectivity index (χ3v) is 6.41. The van der Waals surface area contributed by atoms with Crippen molar-refractivity contribution in [1.29, 1.82) is 0 Å². The van der Waals surface area contributed by atoms with Gasteiger partial charge >= 0.3 is 0 Å². The quantitative estimate of drug-likeness (QED) is 0.346. The first-order valence-corrected chi connectivity index (χ1v) is 12.5. The molecule has 2 unspecified atom stereocenters. The van der Waals surface area contributed by atoms with Crippen LogP contribution in [0.3, 0.4) is 0 Å². The van der Waals surface area contributed by atoms with Gasteiger partial charge in [-0.3, -0.25) is 4.90 Å². The highest BCUT2D eigenvalue weighted by molar-refractivity contribution is 5.43. The van der Waals surface area contributed by atoms with Gasteiger partial charge in [-0.05, 0) is 63.8 Å². The van der Waals surface area contributed by atoms with E-state index in [9.17, 15) is 5.11 Å². The SMILES string of the molecule is C=CCCC(O)CN(Cc1c(C)nn(-c2ccccc2)c1Oc1ccc(C)cc1)CC1CCCO1. The molecule has 1 fully saturated rings. The number of aromatic nitrogens is 2. The topological polar surface area (TPSA) is 59.8 Å². The van der Waals surface area contributed by atoms with E-state index < -0.39 is 6.10 Å². The molecule has 1 aromatic heterocycles. The molecule has 6 heteroatoms. The number of aryl methyl sites for hydroxylation is 2. The van der Waals surface area contributed by atoms with E-state index in [1.165, 1.54) is 5.56 Å². The minimum Gasteiger partial charge on any atom is -0.439 e. The van der Waals surface area contributed by atoms with Gasteiger partial charge in [-0.1, -0.05) is 42.0 Å². The summed E-state index contributed by atoms with van der Waals surface area (Å²) in [6.07, 6.45) is 5.24. The molecule has 0 radical (unpaired) electrons. The van der Waals surface area contributed by atoms with E-state index in [1.54, 1.807) is 0 Å². The lowest BCUT2D eigenvalue weighted by Gasteiger charge is -2.27. The molecule has 6 nitrogen and oxygen atoms in total. The lowest BCUT2D eigenvalue weighted by Crippen LogP contribution is -2.37. The molecule has 0 saturated carbocycles. The van der Waals surface area contributed by atoms with Crippen LogP contribution in [0.4, 0.5) is 0 Å². The molecule has 35 heavy (non-hydrogen) atoms. The number of para-hydroxylation sites is 1. The van der Waals surface area contributed by atoms with Crippen LogP contribution in [0.5, 0.6) is 11.6 Å². The van der Waals surface area contributed by atoms with Gasteiger partial charge in [0, 0.05) is 26.2 Å². The molecule has 1 aliphatic heterocycles. The van der Waals surface area contributed by atoms with E-state index in [4.69, 9.17) is 14.6 Å². The maximum atomic E-state index is 10.7. The molecule has 1 saturated heterocycles. The smallest absolute Gasteiger partial charge is 0.227 e. The molecule has 2 heterocycles. The molecule has 2 atom stereocenters. The molecule has 1 N–H and O–H groups in total. The van der Waals surface area contributed by atoms with Gasteiger partial charge in [-0.15, -0.1) is 6.58 Å². The van der Waals surface area contributed by atoms with Gasteiger partial charge in [0.25, 0.3) is 0 Å². The largest absolute Gasteiger partial charge is 0.439 e. The van der Waals surface area contributed by atoms with E-state index in [0.717, 1.165) is 55.1 Å². The highest BCUT2D eigenvalue weighted by Crippen LogP contribution is 2.32. The average molecular weight is 476 g/mol. The summed E-state index contributed by atoms with van der Waals surface area (Å²) in [6.45, 7) is 10.6. The highest BCUT2D eigenvalue weighted by atomic mass is 16.5. The number of hydrogen-bond acceptors (Lipinski definition) is 5. The van der Waals surface area contributed by atoms with Crippen molar-refractivity contribution in [3.8, 4) is 17.3 Å². The molecule has 0 amide bonds. The van der Waals surface area contributed by atoms with E-state index >= 15 is 0 Å². The molecule has 1 aliphatic rings. The Labute approximate surface area is 208 Å². The number of allylic oxidation sites excluding steroid dienone is 1. The number of aliphatic hydroxyl groups excluding tert-OH is 1. The Morgan fingerprint density at radius 1 is 1.20 bits per heavy atom. The van der Waals surface area contributed by atoms with E-state index in [1.807, 2.05) is 72.3 Å². The summed E-state index contributed by atoms with van der Waals surface area (Å²) in [5.74, 6) is 1.47. The second kappa shape index (κ2) is 12.2. The summed E-state index contributed by atoms with van der Waals surface area (Å²) >= 11 is 0. The Morgan fingerprint density at radius 3 is 2.66 bits per heavy atom. The fourth-order valence-electron chi connectivity index (χ4n) is 4.49. The van der Waals surface area contributed by atoms with Crippen molar-refractivity contribution in [2.75, 3.05) is 19.7 Å². The molecular weight excluding hydrogens is 438 g/mol. The van der Waals surface area contributed by atoms with Crippen molar-refractivity contribution in [2.45, 2.75) is 58.3 Å². The number of aliphatic hydroxyl groups is 1. The standard InChI is InChI=1S/C29H37N3O3/c1-4-5-12-25(33)19-31(20-27-13-9-18-34-27)21-28-23(3)30-32(24-10-7-6-8-11-24)29(28)35-26-16-14-22(2)15-17-26/h4,6-8,10-11,14-17,25,27,33H,1,5,9,12-13,18-21H2,2-3H3. The monoisotopic (exact) mass is 475 g/mol. The van der Waals surface area contributed by atoms with Gasteiger partial charge in [0.05, 0.1) is 29.2 Å². The summed E-state index contributed by atoms with van der Waals surface area (Å²) in [5, 5.41) is 15.6. The minimum atomic E-state index is -0.430. The summed E-state index contributed by atoms with van der Waals surface area (Å²) in [5.41, 5.74) is 4.06. The molecule has 2 aromatic carbocycles. The van der Waals surface area contributed by atoms with Crippen LogP contribution in [0.25, 0.3) is 5.69 Å². The Hall–Kier alpha value is -2.93. The van der Waals surface area contributed by atoms with Gasteiger partial charge in [0.1, 0.15) is 5.75 Å². The van der Waals surface area contributed by atoms with E-state index in [2.05, 4.69) is 18.4 Å². The van der Waals surface area contributed by atoms with Crippen molar-refractivity contribution in [3.63, 3.8) is 0 Å². The molecule has 0 bridgehead atoms. The Balaban J connectivity index is 1.66. The number of rotatable bonds is 12. The van der Waals surface area contributed by atoms with E-state index in [0.29, 0.717) is 25.4 Å². The minimum absolute atomic E-state index is 0.188. The van der Waals surface area contributed by atoms with Crippen LogP contribution in [-0.4, -0.2) is 51.7 Å². The fourth-order valence-corrected chi connectivity index (χ4v) is 4.49. The van der Waals surface area contributed by atoms with Crippen molar-refractivity contribution in [3.05, 3.63) is 84.1 Å². The lowest BCUT2D eigenvalue weighted by atomic mass is 10.1. The summed E-state index contributed by atoms with van der Waals surface area (Å²) in [4.78, 5) is 2.28. The van der Waals surface area contributed by atoms with Crippen molar-refractivity contribution in [2.24, 2.45) is 0 Å². The van der Waals surface area contributed by atoms with Crippen molar-refractivity contribution >= 4 is 0 Å². The molecule has 0 aliphatic carbocycles. The van der Waals surface area contributed by atoms with Gasteiger partial charge < -0.3 is 14.6 Å². The Bertz CT molecular complexity index is 1070. The second-order valence-corrected chi connectivity index (χ2v) is 9.38. The zero-order valence-electron chi connectivity index (χ0n) is 20.9. The predicted octanol–water partition coefficient (Wildman–Crippen LogP) is 5.59. The van der Waals surface area contributed by atoms with Crippen LogP contribution in [0.2, 0.25) is 0 Å². The number of benzene rings is 2. The van der Waals surface area contributed by atoms with Crippen molar-refractivity contribution in [1.82, 2.24) is 14.7 Å². The first-order chi connectivity index (χ1) is 17.0. The second-order valence-electron chi connectivity index (χ2n) is 9.38. The summed E-state index contributed by atoms with van der Waals surface area (Å²) in [7, 11) is 0. The van der Waals surface area contributed by atoms with Crippen LogP contribution in [0, 0.1) is 13.8 Å². The molecule has 3 aromatic rings. The zero-order valence-corrected chi connectivity index (χ0v) is 20.9. The fraction of sp³-hybridized carbons (Fsp3) is 0.414. The van der Waals surface area contributed by atoms with Crippen LogP contribution in [0.15, 0.2) is 67.3 Å². The Kier molecular flexibility index (Phi) is 8.74. The predicted molar refractivity (Wildman–Crippen MR) is 139 cm³/mol. The third-order valence-electron chi connectivity index (χ3n) is 6.41. The van der Waals surface area contributed by atoms with Crippen LogP contribution >= 0.6 is 0 Å². The van der Waals surface area contributed by atoms with Crippen LogP contribution in [0.1, 0.15) is 42.5 Å². The molecular formula is C29H37N3O3. The van der Waals surface area contributed by atoms with E-state index in [-0.39, 0.29) is 6.10 Å². The maximum Gasteiger partial charge on any atom is 0.227 e. The first kappa shape index (κ1) is 25.2.